The molecule has 0 amide bonds. The molecule has 1 aliphatic rings. The summed E-state index contributed by atoms with van der Waals surface area (Å²) in [6, 6.07) is 18.1. The minimum Gasteiger partial charge on any atom is -0.469 e. The van der Waals surface area contributed by atoms with Crippen LogP contribution in [0.1, 0.15) is 30.9 Å². The van der Waals surface area contributed by atoms with Crippen LogP contribution in [0, 0.1) is 5.41 Å². The van der Waals surface area contributed by atoms with Crippen LogP contribution >= 0.6 is 15.9 Å². The summed E-state index contributed by atoms with van der Waals surface area (Å²) >= 11 is 3.47. The quantitative estimate of drug-likeness (QED) is 0.753. The fourth-order valence-electron chi connectivity index (χ4n) is 3.27. The number of carbonyl (C=O) groups is 1. The molecule has 0 bridgehead atoms. The molecule has 23 heavy (non-hydrogen) atoms. The first-order valence-electron chi connectivity index (χ1n) is 7.81. The molecule has 1 unspecified atom stereocenters. The van der Waals surface area contributed by atoms with Crippen LogP contribution in [0.15, 0.2) is 59.1 Å². The fourth-order valence-corrected chi connectivity index (χ4v) is 3.53. The second-order valence-corrected chi connectivity index (χ2v) is 6.91. The molecule has 0 saturated heterocycles. The number of hydrogen-bond donors (Lipinski definition) is 1. The molecular formula is C19H20BrNO2. The van der Waals surface area contributed by atoms with Gasteiger partial charge in [0, 0.05) is 10.2 Å². The summed E-state index contributed by atoms with van der Waals surface area (Å²) in [5.41, 5.74) is 1.62. The lowest BCUT2D eigenvalue weighted by Gasteiger charge is -2.45. The van der Waals surface area contributed by atoms with Crippen LogP contribution in [0.4, 0.5) is 5.69 Å². The number of para-hydroxylation sites is 1. The van der Waals surface area contributed by atoms with Gasteiger partial charge in [-0.05, 0) is 42.7 Å². The van der Waals surface area contributed by atoms with E-state index in [1.807, 2.05) is 42.5 Å². The number of esters is 1. The molecule has 2 aromatic carbocycles. The van der Waals surface area contributed by atoms with Gasteiger partial charge in [-0.15, -0.1) is 0 Å². The van der Waals surface area contributed by atoms with Gasteiger partial charge in [0.05, 0.1) is 18.6 Å². The molecule has 1 saturated carbocycles. The van der Waals surface area contributed by atoms with Gasteiger partial charge >= 0.3 is 5.97 Å². The molecule has 1 fully saturated rings. The molecule has 3 nitrogen and oxygen atoms in total. The van der Waals surface area contributed by atoms with E-state index in [2.05, 4.69) is 33.4 Å². The van der Waals surface area contributed by atoms with Crippen LogP contribution in [-0.4, -0.2) is 13.1 Å². The van der Waals surface area contributed by atoms with E-state index in [0.29, 0.717) is 0 Å². The number of halogens is 1. The average molecular weight is 374 g/mol. The van der Waals surface area contributed by atoms with Gasteiger partial charge in [-0.2, -0.15) is 0 Å². The van der Waals surface area contributed by atoms with Gasteiger partial charge < -0.3 is 10.1 Å². The van der Waals surface area contributed by atoms with Crippen molar-refractivity contribution in [1.29, 1.82) is 0 Å². The summed E-state index contributed by atoms with van der Waals surface area (Å²) in [4.78, 5) is 12.5. The smallest absolute Gasteiger partial charge is 0.314 e. The Bertz CT molecular complexity index is 666. The van der Waals surface area contributed by atoms with Gasteiger partial charge in [-0.25, -0.2) is 0 Å². The Morgan fingerprint density at radius 1 is 1.13 bits per heavy atom. The maximum atomic E-state index is 12.5. The van der Waals surface area contributed by atoms with E-state index in [9.17, 15) is 4.79 Å². The fraction of sp³-hybridized carbons (Fsp3) is 0.316. The second kappa shape index (κ2) is 6.75. The molecule has 2 aromatic rings. The molecule has 0 heterocycles. The first-order chi connectivity index (χ1) is 11.2. The lowest BCUT2D eigenvalue weighted by atomic mass is 9.62. The van der Waals surface area contributed by atoms with Crippen LogP contribution in [0.3, 0.4) is 0 Å². The minimum absolute atomic E-state index is 0.0980. The van der Waals surface area contributed by atoms with E-state index >= 15 is 0 Å². The van der Waals surface area contributed by atoms with Crippen molar-refractivity contribution in [3.05, 3.63) is 64.6 Å². The molecule has 0 spiro atoms. The van der Waals surface area contributed by atoms with Crippen molar-refractivity contribution < 1.29 is 9.53 Å². The zero-order valence-corrected chi connectivity index (χ0v) is 14.7. The monoisotopic (exact) mass is 373 g/mol. The Hall–Kier alpha value is -1.81. The zero-order valence-electron chi connectivity index (χ0n) is 13.1. The first-order valence-corrected chi connectivity index (χ1v) is 8.60. The summed E-state index contributed by atoms with van der Waals surface area (Å²) in [6.45, 7) is 0. The van der Waals surface area contributed by atoms with Gasteiger partial charge in [-0.3, -0.25) is 4.79 Å². The summed E-state index contributed by atoms with van der Waals surface area (Å²) in [5, 5.41) is 3.56. The van der Waals surface area contributed by atoms with Crippen molar-refractivity contribution in [2.75, 3.05) is 12.4 Å². The van der Waals surface area contributed by atoms with E-state index < -0.39 is 5.41 Å². The van der Waals surface area contributed by atoms with Gasteiger partial charge in [0.2, 0.25) is 0 Å². The lowest BCUT2D eigenvalue weighted by molar-refractivity contribution is -0.160. The maximum Gasteiger partial charge on any atom is 0.314 e. The SMILES string of the molecule is COC(=O)C1(C(Nc2ccccc2)c2ccc(Br)cc2)CCC1. The lowest BCUT2D eigenvalue weighted by Crippen LogP contribution is -2.46. The van der Waals surface area contributed by atoms with Gasteiger partial charge in [0.15, 0.2) is 0 Å². The normalized spacial score (nSPS) is 17.0. The number of nitrogens with one attached hydrogen (secondary N) is 1. The molecule has 120 valence electrons. The van der Waals surface area contributed by atoms with E-state index in [1.165, 1.54) is 7.11 Å². The molecule has 4 heteroatoms. The van der Waals surface area contributed by atoms with E-state index in [-0.39, 0.29) is 12.0 Å². The number of ether oxygens (including phenoxy) is 1. The molecule has 0 aliphatic heterocycles. The number of methoxy groups -OCH3 is 1. The number of anilines is 1. The van der Waals surface area contributed by atoms with Crippen molar-refractivity contribution in [3.63, 3.8) is 0 Å². The van der Waals surface area contributed by atoms with Crippen molar-refractivity contribution >= 4 is 27.6 Å². The molecular weight excluding hydrogens is 354 g/mol. The van der Waals surface area contributed by atoms with Crippen LogP contribution in [-0.2, 0) is 9.53 Å². The Morgan fingerprint density at radius 3 is 2.30 bits per heavy atom. The summed E-state index contributed by atoms with van der Waals surface area (Å²) in [6.07, 6.45) is 2.75. The summed E-state index contributed by atoms with van der Waals surface area (Å²) in [5.74, 6) is -0.125. The Morgan fingerprint density at radius 2 is 1.78 bits per heavy atom. The Labute approximate surface area is 145 Å². The Balaban J connectivity index is 1.99. The molecule has 1 aliphatic carbocycles. The summed E-state index contributed by atoms with van der Waals surface area (Å²) < 4.78 is 6.16. The highest BCUT2D eigenvalue weighted by atomic mass is 79.9. The van der Waals surface area contributed by atoms with Crippen molar-refractivity contribution in [1.82, 2.24) is 0 Å². The highest BCUT2D eigenvalue weighted by molar-refractivity contribution is 9.10. The predicted octanol–water partition coefficient (Wildman–Crippen LogP) is 4.95. The van der Waals surface area contributed by atoms with E-state index in [0.717, 1.165) is 35.0 Å². The third kappa shape index (κ3) is 3.13. The van der Waals surface area contributed by atoms with Crippen LogP contribution < -0.4 is 5.32 Å². The van der Waals surface area contributed by atoms with Crippen LogP contribution in [0.5, 0.6) is 0 Å². The number of rotatable bonds is 5. The van der Waals surface area contributed by atoms with Crippen LogP contribution in [0.2, 0.25) is 0 Å². The largest absolute Gasteiger partial charge is 0.469 e. The van der Waals surface area contributed by atoms with Crippen molar-refractivity contribution in [2.45, 2.75) is 25.3 Å². The third-order valence-corrected chi connectivity index (χ3v) is 5.21. The van der Waals surface area contributed by atoms with Crippen molar-refractivity contribution in [2.24, 2.45) is 5.41 Å². The molecule has 1 atom stereocenters. The summed E-state index contributed by atoms with van der Waals surface area (Å²) in [7, 11) is 1.48. The molecule has 1 N–H and O–H groups in total. The number of carbonyl (C=O) groups excluding carboxylic acids is 1. The molecule has 0 aromatic heterocycles. The third-order valence-electron chi connectivity index (χ3n) is 4.68. The average Bonchev–Trinajstić information content (AvgIpc) is 2.54. The number of hydrogen-bond acceptors (Lipinski definition) is 3. The highest BCUT2D eigenvalue weighted by Gasteiger charge is 2.52. The van der Waals surface area contributed by atoms with E-state index in [4.69, 9.17) is 4.74 Å². The minimum atomic E-state index is -0.488. The second-order valence-electron chi connectivity index (χ2n) is 6.00. The van der Waals surface area contributed by atoms with Gasteiger partial charge in [0.1, 0.15) is 0 Å². The molecule has 3 rings (SSSR count). The Kier molecular flexibility index (Phi) is 4.71. The van der Waals surface area contributed by atoms with E-state index in [1.54, 1.807) is 0 Å². The highest BCUT2D eigenvalue weighted by Crippen LogP contribution is 2.52. The van der Waals surface area contributed by atoms with Gasteiger partial charge in [0.25, 0.3) is 0 Å². The first kappa shape index (κ1) is 16.1. The zero-order chi connectivity index (χ0) is 16.3. The standard InChI is InChI=1S/C19H20BrNO2/c1-23-18(22)19(12-5-13-19)17(14-8-10-15(20)11-9-14)21-16-6-3-2-4-7-16/h2-4,6-11,17,21H,5,12-13H2,1H3. The number of benzene rings is 2. The maximum absolute atomic E-state index is 12.5. The predicted molar refractivity (Wildman–Crippen MR) is 95.2 cm³/mol. The topological polar surface area (TPSA) is 38.3 Å². The molecule has 0 radical (unpaired) electrons. The van der Waals surface area contributed by atoms with Crippen molar-refractivity contribution in [3.8, 4) is 0 Å². The van der Waals surface area contributed by atoms with Crippen LogP contribution in [0.25, 0.3) is 0 Å². The van der Waals surface area contributed by atoms with Gasteiger partial charge in [-0.1, -0.05) is 52.7 Å².